The van der Waals surface area contributed by atoms with Crippen LogP contribution in [0.5, 0.6) is 0 Å². The lowest BCUT2D eigenvalue weighted by molar-refractivity contribution is -0.160. The number of amides is 4. The van der Waals surface area contributed by atoms with Gasteiger partial charge in [0.25, 0.3) is 5.91 Å². The first-order chi connectivity index (χ1) is 31.4. The molecule has 15 nitrogen and oxygen atoms in total. The number of hydrogen-bond acceptors (Lipinski definition) is 9. The van der Waals surface area contributed by atoms with Crippen LogP contribution in [0, 0.1) is 5.92 Å². The highest BCUT2D eigenvalue weighted by atomic mass is 19.3. The molecule has 17 heteroatoms. The van der Waals surface area contributed by atoms with E-state index in [1.807, 2.05) is 48.5 Å². The number of imidazole rings is 2. The molecule has 2 saturated heterocycles. The molecule has 4 aromatic carbocycles. The molecular weight excluding hydrogens is 839 g/mol. The van der Waals surface area contributed by atoms with Crippen LogP contribution in [0.3, 0.4) is 0 Å². The Morgan fingerprint density at radius 1 is 0.708 bits per heavy atom. The third-order valence-electron chi connectivity index (χ3n) is 12.1. The molecule has 0 radical (unpaired) electrons. The van der Waals surface area contributed by atoms with Gasteiger partial charge in [-0.05, 0) is 63.9 Å². The van der Waals surface area contributed by atoms with Crippen LogP contribution in [0.15, 0.2) is 103 Å². The van der Waals surface area contributed by atoms with E-state index in [9.17, 15) is 28.0 Å². The van der Waals surface area contributed by atoms with Gasteiger partial charge in [-0.25, -0.2) is 19.6 Å². The Kier molecular flexibility index (Phi) is 13.2. The standard InChI is InChI=1S/C48H50F2N8O7/c1-27(2)40(55-47(61)63-3)44(59)58-26-35(65-46(49)50)23-39(58)43-52-24-36(53-43)29-14-12-28(13-15-29)31-16-17-33-22-34(19-18-32(33)21-31)37-25-51-42(54-37)38-11-8-20-57(38)45(60)41(56-48(62)64-4)30-9-6-5-7-10-30/h5-7,9-10,12-19,21-22,24-25,27,35,38-41,46H,8,11,20,23,26H2,1-4H3,(H,51,54)(H,52,53)(H,55,61)(H,56,62)/t35-,38-,39-,40-,41-/m0/s1. The number of nitrogens with zero attached hydrogens (tertiary/aromatic N) is 4. The minimum absolute atomic E-state index is 0.0909. The molecule has 6 aromatic rings. The van der Waals surface area contributed by atoms with Gasteiger partial charge in [0.2, 0.25) is 5.91 Å². The second-order valence-electron chi connectivity index (χ2n) is 16.5. The number of ether oxygens (including phenoxy) is 3. The zero-order valence-electron chi connectivity index (χ0n) is 36.3. The molecule has 65 heavy (non-hydrogen) atoms. The van der Waals surface area contributed by atoms with Crippen molar-refractivity contribution < 1.29 is 42.2 Å². The average molecular weight is 889 g/mol. The lowest BCUT2D eigenvalue weighted by Crippen LogP contribution is -2.51. The Labute approximate surface area is 373 Å². The number of nitrogens with one attached hydrogen (secondary N) is 4. The second kappa shape index (κ2) is 19.3. The summed E-state index contributed by atoms with van der Waals surface area (Å²) in [4.78, 5) is 71.3. The fourth-order valence-corrected chi connectivity index (χ4v) is 8.75. The Morgan fingerprint density at radius 2 is 1.29 bits per heavy atom. The van der Waals surface area contributed by atoms with Crippen LogP contribution in [0.2, 0.25) is 0 Å². The molecule has 2 aliphatic heterocycles. The van der Waals surface area contributed by atoms with Gasteiger partial charge in [-0.3, -0.25) is 9.59 Å². The summed E-state index contributed by atoms with van der Waals surface area (Å²) in [5, 5.41) is 7.34. The maximum Gasteiger partial charge on any atom is 0.407 e. The van der Waals surface area contributed by atoms with Crippen LogP contribution < -0.4 is 10.6 Å². The molecule has 0 spiro atoms. The summed E-state index contributed by atoms with van der Waals surface area (Å²) in [6.07, 6.45) is 2.65. The van der Waals surface area contributed by atoms with Crippen molar-refractivity contribution in [3.05, 3.63) is 121 Å². The number of H-pyrrole nitrogens is 2. The van der Waals surface area contributed by atoms with E-state index in [0.717, 1.165) is 51.6 Å². The Morgan fingerprint density at radius 3 is 1.94 bits per heavy atom. The van der Waals surface area contributed by atoms with Crippen LogP contribution in [-0.2, 0) is 23.8 Å². The van der Waals surface area contributed by atoms with Crippen molar-refractivity contribution in [1.29, 1.82) is 0 Å². The van der Waals surface area contributed by atoms with E-state index in [2.05, 4.69) is 55.9 Å². The lowest BCUT2D eigenvalue weighted by atomic mass is 9.98. The molecule has 0 unspecified atom stereocenters. The molecule has 0 saturated carbocycles. The third kappa shape index (κ3) is 9.69. The van der Waals surface area contributed by atoms with Crippen molar-refractivity contribution >= 4 is 34.8 Å². The van der Waals surface area contributed by atoms with Gasteiger partial charge < -0.3 is 44.6 Å². The number of hydrogen-bond donors (Lipinski definition) is 4. The molecule has 0 bridgehead atoms. The minimum Gasteiger partial charge on any atom is -0.453 e. The molecule has 2 aliphatic rings. The molecule has 2 aromatic heterocycles. The molecule has 5 atom stereocenters. The third-order valence-corrected chi connectivity index (χ3v) is 12.1. The van der Waals surface area contributed by atoms with Gasteiger partial charge in [0.1, 0.15) is 23.7 Å². The number of carbonyl (C=O) groups excluding carboxylic acids is 4. The van der Waals surface area contributed by atoms with Gasteiger partial charge in [-0.15, -0.1) is 0 Å². The fourth-order valence-electron chi connectivity index (χ4n) is 8.75. The molecule has 0 aliphatic carbocycles. The normalized spacial score (nSPS) is 18.2. The first-order valence-electron chi connectivity index (χ1n) is 21.4. The predicted octanol–water partition coefficient (Wildman–Crippen LogP) is 8.31. The summed E-state index contributed by atoms with van der Waals surface area (Å²) in [7, 11) is 2.47. The van der Waals surface area contributed by atoms with Gasteiger partial charge in [-0.2, -0.15) is 8.78 Å². The number of aromatic nitrogens is 4. The number of aromatic amines is 2. The highest BCUT2D eigenvalue weighted by molar-refractivity contribution is 5.91. The van der Waals surface area contributed by atoms with Crippen LogP contribution in [0.25, 0.3) is 44.4 Å². The van der Waals surface area contributed by atoms with Crippen molar-refractivity contribution in [2.45, 2.75) is 70.0 Å². The van der Waals surface area contributed by atoms with Gasteiger partial charge in [0.15, 0.2) is 0 Å². The second-order valence-corrected chi connectivity index (χ2v) is 16.5. The van der Waals surface area contributed by atoms with Crippen LogP contribution in [-0.4, -0.2) is 99.8 Å². The smallest absolute Gasteiger partial charge is 0.407 e. The van der Waals surface area contributed by atoms with Crippen molar-refractivity contribution in [1.82, 2.24) is 40.4 Å². The van der Waals surface area contributed by atoms with E-state index in [0.29, 0.717) is 29.5 Å². The van der Waals surface area contributed by atoms with E-state index in [1.165, 1.54) is 19.1 Å². The molecule has 4 N–H and O–H groups in total. The summed E-state index contributed by atoms with van der Waals surface area (Å²) in [6, 6.07) is 26.6. The summed E-state index contributed by atoms with van der Waals surface area (Å²) in [5.74, 6) is 0.0919. The zero-order valence-corrected chi connectivity index (χ0v) is 36.3. The largest absolute Gasteiger partial charge is 0.453 e. The average Bonchev–Trinajstić information content (AvgIpc) is 4.17. The van der Waals surface area contributed by atoms with E-state index in [-0.39, 0.29) is 30.8 Å². The van der Waals surface area contributed by atoms with E-state index in [1.54, 1.807) is 43.3 Å². The molecule has 8 rings (SSSR count). The van der Waals surface area contributed by atoms with Crippen LogP contribution >= 0.6 is 0 Å². The van der Waals surface area contributed by atoms with E-state index < -0.39 is 48.9 Å². The number of likely N-dealkylation sites (tertiary alicyclic amines) is 2. The number of halogens is 2. The quantitative estimate of drug-likeness (QED) is 0.0886. The summed E-state index contributed by atoms with van der Waals surface area (Å²) >= 11 is 0. The number of fused-ring (bicyclic) bond motifs is 1. The molecular formula is C48H50F2N8O7. The van der Waals surface area contributed by atoms with Crippen molar-refractivity contribution in [2.24, 2.45) is 5.92 Å². The Hall–Kier alpha value is -7.14. The lowest BCUT2D eigenvalue weighted by Gasteiger charge is -2.29. The first-order valence-corrected chi connectivity index (χ1v) is 21.4. The number of carbonyl (C=O) groups is 4. The van der Waals surface area contributed by atoms with E-state index in [4.69, 9.17) is 19.2 Å². The van der Waals surface area contributed by atoms with Crippen molar-refractivity contribution in [3.63, 3.8) is 0 Å². The fraction of sp³-hybridized carbons (Fsp3) is 0.333. The summed E-state index contributed by atoms with van der Waals surface area (Å²) < 4.78 is 41.0. The Bertz CT molecular complexity index is 2650. The van der Waals surface area contributed by atoms with Gasteiger partial charge in [0, 0.05) is 25.1 Å². The number of methoxy groups -OCH3 is 2. The maximum absolute atomic E-state index is 14.0. The summed E-state index contributed by atoms with van der Waals surface area (Å²) in [5.41, 5.74) is 5.93. The van der Waals surface area contributed by atoms with Crippen molar-refractivity contribution in [3.8, 4) is 33.6 Å². The maximum atomic E-state index is 14.0. The molecule has 4 amide bonds. The number of rotatable bonds is 13. The number of alkyl carbamates (subject to hydrolysis) is 2. The topological polar surface area (TPSA) is 184 Å². The molecule has 2 fully saturated rings. The van der Waals surface area contributed by atoms with Crippen molar-refractivity contribution in [2.75, 3.05) is 27.3 Å². The molecule has 4 heterocycles. The first kappa shape index (κ1) is 44.5. The predicted molar refractivity (Wildman–Crippen MR) is 237 cm³/mol. The summed E-state index contributed by atoms with van der Waals surface area (Å²) in [6.45, 7) is 0.962. The highest BCUT2D eigenvalue weighted by Gasteiger charge is 2.43. The number of alkyl halides is 2. The highest BCUT2D eigenvalue weighted by Crippen LogP contribution is 2.37. The Balaban J connectivity index is 0.958. The van der Waals surface area contributed by atoms with Crippen LogP contribution in [0.1, 0.15) is 68.4 Å². The monoisotopic (exact) mass is 888 g/mol. The van der Waals surface area contributed by atoms with Gasteiger partial charge >= 0.3 is 18.8 Å². The number of benzene rings is 4. The van der Waals surface area contributed by atoms with Crippen LogP contribution in [0.4, 0.5) is 18.4 Å². The van der Waals surface area contributed by atoms with Gasteiger partial charge in [0.05, 0.1) is 56.2 Å². The zero-order chi connectivity index (χ0) is 45.8. The molecule has 338 valence electrons. The van der Waals surface area contributed by atoms with Gasteiger partial charge in [-0.1, -0.05) is 92.7 Å². The van der Waals surface area contributed by atoms with E-state index >= 15 is 0 Å². The SMILES string of the molecule is COC(=O)N[C@H](C(=O)N1CCC[C@H]1c1ncc(-c2ccc3cc(-c4ccc(-c5cnc([C@@H]6C[C@H](OC(F)F)CN6C(=O)[C@@H](NC(=O)OC)C(C)C)[nH]5)cc4)ccc3c2)[nH]1)c1ccccc1. The minimum atomic E-state index is -3.01.